The number of aromatic nitrogens is 2. The molecule has 0 atom stereocenters. The number of carbonyl (C=O) groups excluding carboxylic acids is 1. The van der Waals surface area contributed by atoms with E-state index in [2.05, 4.69) is 15.5 Å². The molecular weight excluding hydrogens is 250 g/mol. The molecule has 0 spiro atoms. The molecule has 3 N–H and O–H groups in total. The van der Waals surface area contributed by atoms with E-state index in [-0.39, 0.29) is 23.7 Å². The summed E-state index contributed by atoms with van der Waals surface area (Å²) in [4.78, 5) is 22.5. The van der Waals surface area contributed by atoms with Crippen LogP contribution in [0.4, 0.5) is 0 Å². The lowest BCUT2D eigenvalue weighted by molar-refractivity contribution is 0.0694. The van der Waals surface area contributed by atoms with Crippen molar-refractivity contribution in [2.45, 2.75) is 20.4 Å². The van der Waals surface area contributed by atoms with Crippen LogP contribution in [0.2, 0.25) is 0 Å². The second kappa shape index (κ2) is 4.97. The summed E-state index contributed by atoms with van der Waals surface area (Å²) in [6.45, 7) is 3.46. The average molecular weight is 263 g/mol. The third kappa shape index (κ3) is 2.82. The van der Waals surface area contributed by atoms with Crippen molar-refractivity contribution in [3.05, 3.63) is 40.6 Å². The maximum atomic E-state index is 11.7. The van der Waals surface area contributed by atoms with Gasteiger partial charge in [-0.3, -0.25) is 9.89 Å². The smallest absolute Gasteiger partial charge is 0.339 e. The summed E-state index contributed by atoms with van der Waals surface area (Å²) in [7, 11) is 0. The van der Waals surface area contributed by atoms with E-state index in [1.165, 1.54) is 6.07 Å². The number of amides is 1. The van der Waals surface area contributed by atoms with Gasteiger partial charge in [0.05, 0.1) is 6.54 Å². The molecule has 0 aliphatic heterocycles. The molecule has 0 saturated carbocycles. The van der Waals surface area contributed by atoms with Crippen LogP contribution in [0.5, 0.6) is 0 Å². The molecule has 2 heterocycles. The largest absolute Gasteiger partial charge is 0.478 e. The number of H-pyrrole nitrogens is 1. The number of nitrogens with zero attached hydrogens (tertiary/aromatic N) is 1. The van der Waals surface area contributed by atoms with Crippen LogP contribution in [0.15, 0.2) is 16.5 Å². The second-order valence-corrected chi connectivity index (χ2v) is 4.11. The molecular formula is C12H13N3O4. The molecule has 19 heavy (non-hydrogen) atoms. The van der Waals surface area contributed by atoms with Gasteiger partial charge >= 0.3 is 5.97 Å². The van der Waals surface area contributed by atoms with E-state index in [9.17, 15) is 9.59 Å². The standard InChI is InChI=1S/C12H13N3O4/c1-6-3-10(15-14-6)11(16)13-5-8-4-9(12(17)18)7(2)19-8/h3-4H,5H2,1-2H3,(H,13,16)(H,14,15)(H,17,18). The predicted octanol–water partition coefficient (Wildman–Crippen LogP) is 1.25. The van der Waals surface area contributed by atoms with Crippen LogP contribution < -0.4 is 5.32 Å². The first-order valence-electron chi connectivity index (χ1n) is 5.60. The van der Waals surface area contributed by atoms with Crippen molar-refractivity contribution in [2.24, 2.45) is 0 Å². The van der Waals surface area contributed by atoms with E-state index >= 15 is 0 Å². The Labute approximate surface area is 108 Å². The highest BCUT2D eigenvalue weighted by atomic mass is 16.4. The number of hydrogen-bond donors (Lipinski definition) is 3. The van der Waals surface area contributed by atoms with Crippen molar-refractivity contribution < 1.29 is 19.1 Å². The van der Waals surface area contributed by atoms with Gasteiger partial charge in [-0.25, -0.2) is 4.79 Å². The van der Waals surface area contributed by atoms with Gasteiger partial charge in [0.25, 0.3) is 5.91 Å². The third-order valence-electron chi connectivity index (χ3n) is 2.56. The predicted molar refractivity (Wildman–Crippen MR) is 64.9 cm³/mol. The van der Waals surface area contributed by atoms with Crippen molar-refractivity contribution in [1.82, 2.24) is 15.5 Å². The van der Waals surface area contributed by atoms with Gasteiger partial charge in [0.1, 0.15) is 22.8 Å². The van der Waals surface area contributed by atoms with Gasteiger partial charge < -0.3 is 14.8 Å². The summed E-state index contributed by atoms with van der Waals surface area (Å²) in [6.07, 6.45) is 0. The van der Waals surface area contributed by atoms with E-state index in [0.717, 1.165) is 5.69 Å². The van der Waals surface area contributed by atoms with E-state index < -0.39 is 5.97 Å². The van der Waals surface area contributed by atoms with E-state index in [0.29, 0.717) is 11.5 Å². The number of carboxylic acid groups (broad SMARTS) is 1. The number of furan rings is 1. The molecule has 2 aromatic rings. The summed E-state index contributed by atoms with van der Waals surface area (Å²) in [5.41, 5.74) is 1.16. The van der Waals surface area contributed by atoms with Crippen LogP contribution >= 0.6 is 0 Å². The molecule has 1 amide bonds. The first-order chi connectivity index (χ1) is 8.97. The molecule has 7 nitrogen and oxygen atoms in total. The number of carbonyl (C=O) groups is 2. The Hall–Kier alpha value is -2.57. The molecule has 0 aromatic carbocycles. The Kier molecular flexibility index (Phi) is 3.37. The number of nitrogens with one attached hydrogen (secondary N) is 2. The van der Waals surface area contributed by atoms with Gasteiger partial charge in [0, 0.05) is 5.69 Å². The van der Waals surface area contributed by atoms with Gasteiger partial charge in [0.2, 0.25) is 0 Å². The fourth-order valence-corrected chi connectivity index (χ4v) is 1.64. The average Bonchev–Trinajstić information content (AvgIpc) is 2.92. The van der Waals surface area contributed by atoms with E-state index in [1.54, 1.807) is 19.9 Å². The van der Waals surface area contributed by atoms with Gasteiger partial charge in [-0.2, -0.15) is 5.10 Å². The molecule has 100 valence electrons. The molecule has 0 radical (unpaired) electrons. The zero-order chi connectivity index (χ0) is 14.0. The van der Waals surface area contributed by atoms with Gasteiger partial charge in [0.15, 0.2) is 0 Å². The highest BCUT2D eigenvalue weighted by Crippen LogP contribution is 2.14. The topological polar surface area (TPSA) is 108 Å². The first-order valence-corrected chi connectivity index (χ1v) is 5.60. The van der Waals surface area contributed by atoms with Gasteiger partial charge in [-0.05, 0) is 26.0 Å². The summed E-state index contributed by atoms with van der Waals surface area (Å²) >= 11 is 0. The van der Waals surface area contributed by atoms with Crippen LogP contribution in [0, 0.1) is 13.8 Å². The number of aryl methyl sites for hydroxylation is 2. The monoisotopic (exact) mass is 263 g/mol. The number of aromatic carboxylic acids is 1. The highest BCUT2D eigenvalue weighted by molar-refractivity contribution is 5.92. The summed E-state index contributed by atoms with van der Waals surface area (Å²) in [5.74, 6) is -0.708. The fourth-order valence-electron chi connectivity index (χ4n) is 1.64. The van der Waals surface area contributed by atoms with Crippen LogP contribution in [0.3, 0.4) is 0 Å². The third-order valence-corrected chi connectivity index (χ3v) is 2.56. The number of rotatable bonds is 4. The molecule has 2 rings (SSSR count). The van der Waals surface area contributed by atoms with Crippen LogP contribution in [-0.2, 0) is 6.54 Å². The van der Waals surface area contributed by atoms with E-state index in [1.807, 2.05) is 0 Å². The molecule has 7 heteroatoms. The molecule has 0 aliphatic rings. The molecule has 0 saturated heterocycles. The molecule has 0 aliphatic carbocycles. The maximum Gasteiger partial charge on any atom is 0.339 e. The molecule has 0 fully saturated rings. The minimum atomic E-state index is -1.05. The zero-order valence-corrected chi connectivity index (χ0v) is 10.5. The normalized spacial score (nSPS) is 10.4. The Morgan fingerprint density at radius 2 is 2.16 bits per heavy atom. The van der Waals surface area contributed by atoms with Crippen LogP contribution in [-0.4, -0.2) is 27.2 Å². The maximum absolute atomic E-state index is 11.7. The zero-order valence-electron chi connectivity index (χ0n) is 10.5. The Morgan fingerprint density at radius 1 is 1.42 bits per heavy atom. The lowest BCUT2D eigenvalue weighted by Gasteiger charge is -1.99. The van der Waals surface area contributed by atoms with Gasteiger partial charge in [-0.15, -0.1) is 0 Å². The molecule has 0 unspecified atom stereocenters. The summed E-state index contributed by atoms with van der Waals surface area (Å²) < 4.78 is 5.24. The van der Waals surface area contributed by atoms with Crippen LogP contribution in [0.25, 0.3) is 0 Å². The number of hydrogen-bond acceptors (Lipinski definition) is 4. The minimum absolute atomic E-state index is 0.0971. The SMILES string of the molecule is Cc1cc(C(=O)NCc2cc(C(=O)O)c(C)o2)n[nH]1. The first kappa shape index (κ1) is 12.9. The highest BCUT2D eigenvalue weighted by Gasteiger charge is 2.15. The number of carboxylic acids is 1. The Balaban J connectivity index is 2.01. The lowest BCUT2D eigenvalue weighted by Crippen LogP contribution is -2.22. The fraction of sp³-hybridized carbons (Fsp3) is 0.250. The summed E-state index contributed by atoms with van der Waals surface area (Å²) in [5, 5.41) is 18.0. The van der Waals surface area contributed by atoms with Crippen molar-refractivity contribution >= 4 is 11.9 Å². The quantitative estimate of drug-likeness (QED) is 0.769. The van der Waals surface area contributed by atoms with Crippen LogP contribution in [0.1, 0.15) is 38.1 Å². The van der Waals surface area contributed by atoms with Crippen molar-refractivity contribution in [3.8, 4) is 0 Å². The second-order valence-electron chi connectivity index (χ2n) is 4.11. The van der Waals surface area contributed by atoms with Crippen molar-refractivity contribution in [2.75, 3.05) is 0 Å². The molecule has 0 bridgehead atoms. The summed E-state index contributed by atoms with van der Waals surface area (Å²) in [6, 6.07) is 3.01. The van der Waals surface area contributed by atoms with Gasteiger partial charge in [-0.1, -0.05) is 0 Å². The lowest BCUT2D eigenvalue weighted by atomic mass is 10.2. The molecule has 2 aromatic heterocycles. The Morgan fingerprint density at radius 3 is 2.68 bits per heavy atom. The Bertz CT molecular complexity index is 627. The van der Waals surface area contributed by atoms with E-state index in [4.69, 9.17) is 9.52 Å². The number of aromatic amines is 1. The van der Waals surface area contributed by atoms with Crippen molar-refractivity contribution in [1.29, 1.82) is 0 Å². The van der Waals surface area contributed by atoms with Crippen molar-refractivity contribution in [3.63, 3.8) is 0 Å². The minimum Gasteiger partial charge on any atom is -0.478 e.